The average molecular weight is 231 g/mol. The van der Waals surface area contributed by atoms with Crippen molar-refractivity contribution in [1.29, 1.82) is 0 Å². The second kappa shape index (κ2) is 5.75. The molecule has 1 N–H and O–H groups in total. The number of imide groups is 1. The van der Waals surface area contributed by atoms with Gasteiger partial charge in [-0.3, -0.25) is 19.3 Å². The van der Waals surface area contributed by atoms with Crippen molar-refractivity contribution in [3.05, 3.63) is 0 Å². The van der Waals surface area contributed by atoms with Gasteiger partial charge >= 0.3 is 5.97 Å². The first-order valence-corrected chi connectivity index (χ1v) is 5.89. The molecule has 1 aliphatic rings. The number of hydrogen-bond acceptors (Lipinski definition) is 4. The van der Waals surface area contributed by atoms with Crippen LogP contribution in [0.2, 0.25) is 0 Å². The highest BCUT2D eigenvalue weighted by atomic mass is 32.2. The van der Waals surface area contributed by atoms with Crippen LogP contribution in [-0.4, -0.2) is 45.8 Å². The van der Waals surface area contributed by atoms with E-state index in [2.05, 4.69) is 0 Å². The molecular weight excluding hydrogens is 218 g/mol. The third kappa shape index (κ3) is 3.91. The molecule has 0 aromatic heterocycles. The quantitative estimate of drug-likeness (QED) is 0.691. The van der Waals surface area contributed by atoms with Crippen LogP contribution < -0.4 is 0 Å². The number of carboxylic acid groups (broad SMARTS) is 1. The lowest BCUT2D eigenvalue weighted by atomic mass is 10.4. The lowest BCUT2D eigenvalue weighted by molar-refractivity contribution is -0.140. The smallest absolute Gasteiger partial charge is 0.304 e. The third-order valence-corrected chi connectivity index (χ3v) is 3.00. The summed E-state index contributed by atoms with van der Waals surface area (Å²) in [6.45, 7) is 0.511. The number of likely N-dealkylation sites (tertiary alicyclic amines) is 1. The lowest BCUT2D eigenvalue weighted by Gasteiger charge is -2.12. The Balaban J connectivity index is 2.18. The van der Waals surface area contributed by atoms with Crippen LogP contribution in [-0.2, 0) is 14.4 Å². The van der Waals surface area contributed by atoms with E-state index in [9.17, 15) is 14.4 Å². The number of aliphatic carboxylic acids is 1. The van der Waals surface area contributed by atoms with Gasteiger partial charge in [0.15, 0.2) is 0 Å². The fourth-order valence-electron chi connectivity index (χ4n) is 1.31. The lowest BCUT2D eigenvalue weighted by Crippen LogP contribution is -2.33. The molecule has 1 aliphatic heterocycles. The fourth-order valence-corrected chi connectivity index (χ4v) is 2.10. The zero-order chi connectivity index (χ0) is 11.3. The van der Waals surface area contributed by atoms with Crippen molar-refractivity contribution in [2.45, 2.75) is 19.3 Å². The Bertz CT molecular complexity index is 279. The Morgan fingerprint density at radius 3 is 2.73 bits per heavy atom. The molecule has 5 nitrogen and oxygen atoms in total. The molecule has 15 heavy (non-hydrogen) atoms. The highest BCUT2D eigenvalue weighted by Gasteiger charge is 2.25. The van der Waals surface area contributed by atoms with E-state index in [-0.39, 0.29) is 24.0 Å². The monoisotopic (exact) mass is 231 g/mol. The maximum atomic E-state index is 11.4. The standard InChI is InChI=1S/C9H13NO4S/c11-7-2-1-4-10(7)8(12)6-15-5-3-9(13)14/h1-6H2,(H,13,14). The second-order valence-electron chi connectivity index (χ2n) is 3.24. The van der Waals surface area contributed by atoms with Crippen molar-refractivity contribution in [1.82, 2.24) is 4.90 Å². The van der Waals surface area contributed by atoms with Crippen molar-refractivity contribution in [2.75, 3.05) is 18.1 Å². The average Bonchev–Trinajstić information content (AvgIpc) is 2.58. The minimum absolute atomic E-state index is 0.0475. The maximum absolute atomic E-state index is 11.4. The van der Waals surface area contributed by atoms with Crippen LogP contribution in [0.25, 0.3) is 0 Å². The Kier molecular flexibility index (Phi) is 4.61. The summed E-state index contributed by atoms with van der Waals surface area (Å²) >= 11 is 1.25. The summed E-state index contributed by atoms with van der Waals surface area (Å²) in [7, 11) is 0. The molecule has 1 fully saturated rings. The van der Waals surface area contributed by atoms with Crippen LogP contribution in [0.1, 0.15) is 19.3 Å². The highest BCUT2D eigenvalue weighted by molar-refractivity contribution is 7.99. The molecular formula is C9H13NO4S. The van der Waals surface area contributed by atoms with Gasteiger partial charge in [-0.25, -0.2) is 0 Å². The number of thioether (sulfide) groups is 1. The van der Waals surface area contributed by atoms with Crippen molar-refractivity contribution in [3.8, 4) is 0 Å². The van der Waals surface area contributed by atoms with Gasteiger partial charge in [0.25, 0.3) is 0 Å². The van der Waals surface area contributed by atoms with Gasteiger partial charge < -0.3 is 5.11 Å². The zero-order valence-electron chi connectivity index (χ0n) is 8.27. The molecule has 0 aliphatic carbocycles. The predicted octanol–water partition coefficient (Wildman–Crippen LogP) is 0.343. The number of rotatable bonds is 5. The summed E-state index contributed by atoms with van der Waals surface area (Å²) in [6, 6.07) is 0. The van der Waals surface area contributed by atoms with Crippen LogP contribution in [0, 0.1) is 0 Å². The van der Waals surface area contributed by atoms with Gasteiger partial charge in [-0.15, -0.1) is 0 Å². The number of carboxylic acids is 1. The molecule has 0 saturated carbocycles. The normalized spacial score (nSPS) is 15.7. The van der Waals surface area contributed by atoms with Gasteiger partial charge in [-0.05, 0) is 6.42 Å². The molecule has 0 aromatic carbocycles. The van der Waals surface area contributed by atoms with Crippen LogP contribution in [0.15, 0.2) is 0 Å². The molecule has 0 aromatic rings. The minimum Gasteiger partial charge on any atom is -0.481 e. The summed E-state index contributed by atoms with van der Waals surface area (Å²) in [5.74, 6) is -0.582. The predicted molar refractivity (Wildman–Crippen MR) is 55.5 cm³/mol. The largest absolute Gasteiger partial charge is 0.481 e. The number of hydrogen-bond donors (Lipinski definition) is 1. The highest BCUT2D eigenvalue weighted by Crippen LogP contribution is 2.12. The van der Waals surface area contributed by atoms with E-state index in [4.69, 9.17) is 5.11 Å². The van der Waals surface area contributed by atoms with E-state index < -0.39 is 5.97 Å². The van der Waals surface area contributed by atoms with Gasteiger partial charge in [0.05, 0.1) is 12.2 Å². The number of nitrogens with zero attached hydrogens (tertiary/aromatic N) is 1. The van der Waals surface area contributed by atoms with E-state index in [1.807, 2.05) is 0 Å². The van der Waals surface area contributed by atoms with Crippen LogP contribution in [0.3, 0.4) is 0 Å². The van der Waals surface area contributed by atoms with E-state index in [0.717, 1.165) is 6.42 Å². The van der Waals surface area contributed by atoms with Crippen molar-refractivity contribution in [3.63, 3.8) is 0 Å². The number of amides is 2. The van der Waals surface area contributed by atoms with Crippen molar-refractivity contribution >= 4 is 29.5 Å². The summed E-state index contributed by atoms with van der Waals surface area (Å²) in [6.07, 6.45) is 1.24. The minimum atomic E-state index is -0.868. The van der Waals surface area contributed by atoms with Crippen LogP contribution in [0.4, 0.5) is 0 Å². The number of carbonyl (C=O) groups excluding carboxylic acids is 2. The molecule has 1 saturated heterocycles. The molecule has 1 rings (SSSR count). The zero-order valence-corrected chi connectivity index (χ0v) is 9.09. The van der Waals surface area contributed by atoms with Crippen LogP contribution in [0.5, 0.6) is 0 Å². The van der Waals surface area contributed by atoms with Crippen LogP contribution >= 0.6 is 11.8 Å². The van der Waals surface area contributed by atoms with Gasteiger partial charge in [0, 0.05) is 18.7 Å². The van der Waals surface area contributed by atoms with E-state index in [0.29, 0.717) is 18.7 Å². The molecule has 0 spiro atoms. The van der Waals surface area contributed by atoms with Crippen molar-refractivity contribution in [2.24, 2.45) is 0 Å². The summed E-state index contributed by atoms with van der Waals surface area (Å²) < 4.78 is 0. The van der Waals surface area contributed by atoms with Crippen molar-refractivity contribution < 1.29 is 19.5 Å². The summed E-state index contributed by atoms with van der Waals surface area (Å²) in [5, 5.41) is 8.37. The number of carbonyl (C=O) groups is 3. The first-order chi connectivity index (χ1) is 7.11. The Morgan fingerprint density at radius 2 is 2.20 bits per heavy atom. The van der Waals surface area contributed by atoms with E-state index >= 15 is 0 Å². The van der Waals surface area contributed by atoms with Gasteiger partial charge in [0.1, 0.15) is 0 Å². The molecule has 0 atom stereocenters. The second-order valence-corrected chi connectivity index (χ2v) is 4.34. The molecule has 2 amide bonds. The Morgan fingerprint density at radius 1 is 1.47 bits per heavy atom. The van der Waals surface area contributed by atoms with E-state index in [1.54, 1.807) is 0 Å². The van der Waals surface area contributed by atoms with E-state index in [1.165, 1.54) is 16.7 Å². The molecule has 84 valence electrons. The Labute approximate surface area is 91.8 Å². The van der Waals surface area contributed by atoms with Gasteiger partial charge in [-0.2, -0.15) is 11.8 Å². The first-order valence-electron chi connectivity index (χ1n) is 4.74. The maximum Gasteiger partial charge on any atom is 0.304 e. The first kappa shape index (κ1) is 12.0. The molecule has 0 unspecified atom stereocenters. The summed E-state index contributed by atoms with van der Waals surface area (Å²) in [4.78, 5) is 34.0. The topological polar surface area (TPSA) is 74.7 Å². The summed E-state index contributed by atoms with van der Waals surface area (Å²) in [5.41, 5.74) is 0. The molecule has 0 radical (unpaired) electrons. The Hall–Kier alpha value is -1.04. The third-order valence-electron chi connectivity index (χ3n) is 2.06. The SMILES string of the molecule is O=C(O)CCSCC(=O)N1CCCC1=O. The van der Waals surface area contributed by atoms with Gasteiger partial charge in [0.2, 0.25) is 11.8 Å². The molecule has 6 heteroatoms. The molecule has 0 bridgehead atoms. The fraction of sp³-hybridized carbons (Fsp3) is 0.667. The molecule has 1 heterocycles. The van der Waals surface area contributed by atoms with Gasteiger partial charge in [-0.1, -0.05) is 0 Å².